The van der Waals surface area contributed by atoms with Gasteiger partial charge in [0.1, 0.15) is 5.75 Å². The van der Waals surface area contributed by atoms with Crippen LogP contribution >= 0.6 is 11.6 Å². The minimum Gasteiger partial charge on any atom is -0.497 e. The average molecular weight is 346 g/mol. The second kappa shape index (κ2) is 6.83. The lowest BCUT2D eigenvalue weighted by Gasteiger charge is -2.18. The molecule has 0 aliphatic heterocycles. The summed E-state index contributed by atoms with van der Waals surface area (Å²) in [6.07, 6.45) is 0.852. The summed E-state index contributed by atoms with van der Waals surface area (Å²) in [6, 6.07) is 14.6. The van der Waals surface area contributed by atoms with Crippen LogP contribution in [-0.4, -0.2) is 24.7 Å². The average Bonchev–Trinajstić information content (AvgIpc) is 3.41. The lowest BCUT2D eigenvalue weighted by Crippen LogP contribution is -2.37. The zero-order valence-electron chi connectivity index (χ0n) is 13.5. The Morgan fingerprint density at radius 3 is 2.58 bits per heavy atom. The molecule has 5 heteroatoms. The van der Waals surface area contributed by atoms with E-state index in [1.54, 1.807) is 37.4 Å². The van der Waals surface area contributed by atoms with E-state index in [1.165, 1.54) is 0 Å². The Bertz CT molecular complexity index is 726. The third-order valence-electron chi connectivity index (χ3n) is 4.52. The van der Waals surface area contributed by atoms with Gasteiger partial charge in [0.25, 0.3) is 0 Å². The van der Waals surface area contributed by atoms with E-state index in [9.17, 15) is 9.90 Å². The van der Waals surface area contributed by atoms with Crippen molar-refractivity contribution in [3.63, 3.8) is 0 Å². The maximum Gasteiger partial charge on any atom is 0.230 e. The first-order chi connectivity index (χ1) is 11.5. The van der Waals surface area contributed by atoms with Crippen LogP contribution in [0.2, 0.25) is 5.02 Å². The number of methoxy groups -OCH3 is 1. The van der Waals surface area contributed by atoms with Crippen molar-refractivity contribution >= 4 is 17.5 Å². The van der Waals surface area contributed by atoms with Gasteiger partial charge in [0.2, 0.25) is 5.91 Å². The van der Waals surface area contributed by atoms with Gasteiger partial charge in [-0.25, -0.2) is 0 Å². The van der Waals surface area contributed by atoms with Crippen molar-refractivity contribution in [3.05, 3.63) is 64.7 Å². The molecule has 1 fully saturated rings. The summed E-state index contributed by atoms with van der Waals surface area (Å²) in [5, 5.41) is 13.8. The highest BCUT2D eigenvalue weighted by molar-refractivity contribution is 6.30. The molecule has 4 nitrogen and oxygen atoms in total. The van der Waals surface area contributed by atoms with Crippen molar-refractivity contribution in [3.8, 4) is 5.75 Å². The molecule has 1 atom stereocenters. The summed E-state index contributed by atoms with van der Waals surface area (Å²) in [5.41, 5.74) is 1.18. The Kier molecular flexibility index (Phi) is 4.78. The molecule has 0 radical (unpaired) electrons. The van der Waals surface area contributed by atoms with Gasteiger partial charge in [-0.05, 0) is 48.2 Å². The molecule has 1 aliphatic rings. The lowest BCUT2D eigenvalue weighted by atomic mass is 9.95. The zero-order valence-corrected chi connectivity index (χ0v) is 14.2. The molecule has 2 aromatic rings. The number of ether oxygens (including phenoxy) is 1. The zero-order chi connectivity index (χ0) is 17.2. The lowest BCUT2D eigenvalue weighted by molar-refractivity contribution is -0.124. The van der Waals surface area contributed by atoms with Crippen molar-refractivity contribution in [2.45, 2.75) is 24.4 Å². The molecule has 0 saturated heterocycles. The summed E-state index contributed by atoms with van der Waals surface area (Å²) in [7, 11) is 1.59. The monoisotopic (exact) mass is 345 g/mol. The number of amides is 1. The Morgan fingerprint density at radius 2 is 2.00 bits per heavy atom. The third-order valence-corrected chi connectivity index (χ3v) is 4.75. The van der Waals surface area contributed by atoms with Gasteiger partial charge in [-0.2, -0.15) is 0 Å². The topological polar surface area (TPSA) is 58.6 Å². The molecule has 1 saturated carbocycles. The number of halogens is 1. The van der Waals surface area contributed by atoms with Crippen LogP contribution in [0.25, 0.3) is 0 Å². The molecule has 0 spiro atoms. The summed E-state index contributed by atoms with van der Waals surface area (Å²) < 4.78 is 5.10. The van der Waals surface area contributed by atoms with Gasteiger partial charge >= 0.3 is 0 Å². The molecule has 126 valence electrons. The highest BCUT2D eigenvalue weighted by atomic mass is 35.5. The SMILES string of the molecule is COc1ccc([C@@H](O)CNC(=O)C2(c3cccc(Cl)c3)CC2)cc1. The molecule has 0 bridgehead atoms. The van der Waals surface area contributed by atoms with Crippen LogP contribution < -0.4 is 10.1 Å². The fraction of sp³-hybridized carbons (Fsp3) is 0.316. The number of hydrogen-bond donors (Lipinski definition) is 2. The number of carbonyl (C=O) groups is 1. The smallest absolute Gasteiger partial charge is 0.230 e. The second-order valence-corrected chi connectivity index (χ2v) is 6.53. The van der Waals surface area contributed by atoms with Crippen molar-refractivity contribution < 1.29 is 14.6 Å². The summed E-state index contributed by atoms with van der Waals surface area (Å²) in [6.45, 7) is 0.174. The summed E-state index contributed by atoms with van der Waals surface area (Å²) >= 11 is 6.03. The molecule has 2 N–H and O–H groups in total. The van der Waals surface area contributed by atoms with Crippen molar-refractivity contribution in [1.82, 2.24) is 5.32 Å². The molecular weight excluding hydrogens is 326 g/mol. The molecule has 0 aromatic heterocycles. The number of aliphatic hydroxyl groups excluding tert-OH is 1. The molecular formula is C19H20ClNO3. The molecule has 0 unspecified atom stereocenters. The van der Waals surface area contributed by atoms with Crippen molar-refractivity contribution in [2.75, 3.05) is 13.7 Å². The van der Waals surface area contributed by atoms with E-state index in [-0.39, 0.29) is 12.5 Å². The predicted molar refractivity (Wildman–Crippen MR) is 93.3 cm³/mol. The number of rotatable bonds is 6. The Morgan fingerprint density at radius 1 is 1.29 bits per heavy atom. The van der Waals surface area contributed by atoms with Gasteiger partial charge < -0.3 is 15.2 Å². The Labute approximate surface area is 146 Å². The fourth-order valence-electron chi connectivity index (χ4n) is 2.86. The highest BCUT2D eigenvalue weighted by Crippen LogP contribution is 2.48. The Hall–Kier alpha value is -2.04. The van der Waals surface area contributed by atoms with Crippen LogP contribution in [0.4, 0.5) is 0 Å². The normalized spacial score (nSPS) is 16.3. The van der Waals surface area contributed by atoms with Crippen LogP contribution in [0, 0.1) is 0 Å². The largest absolute Gasteiger partial charge is 0.497 e. The Balaban J connectivity index is 1.62. The van der Waals surface area contributed by atoms with E-state index in [4.69, 9.17) is 16.3 Å². The standard InChI is InChI=1S/C19H20ClNO3/c1-24-16-7-5-13(6-8-16)17(22)12-21-18(23)19(9-10-19)14-3-2-4-15(20)11-14/h2-8,11,17,22H,9-10,12H2,1H3,(H,21,23)/t17-/m0/s1. The van der Waals surface area contributed by atoms with E-state index in [2.05, 4.69) is 5.32 Å². The third kappa shape index (κ3) is 3.40. The van der Waals surface area contributed by atoms with E-state index >= 15 is 0 Å². The molecule has 3 rings (SSSR count). The number of hydrogen-bond acceptors (Lipinski definition) is 3. The van der Waals surface area contributed by atoms with Gasteiger partial charge in [0.15, 0.2) is 0 Å². The first-order valence-electron chi connectivity index (χ1n) is 7.91. The number of benzene rings is 2. The van der Waals surface area contributed by atoms with E-state index in [1.807, 2.05) is 18.2 Å². The van der Waals surface area contributed by atoms with Gasteiger partial charge in [0, 0.05) is 11.6 Å². The predicted octanol–water partition coefficient (Wildman–Crippen LogP) is 3.23. The van der Waals surface area contributed by atoms with Gasteiger partial charge in [0.05, 0.1) is 18.6 Å². The van der Waals surface area contributed by atoms with Crippen molar-refractivity contribution in [2.24, 2.45) is 0 Å². The van der Waals surface area contributed by atoms with Crippen LogP contribution in [0.15, 0.2) is 48.5 Å². The number of nitrogens with one attached hydrogen (secondary N) is 1. The fourth-order valence-corrected chi connectivity index (χ4v) is 3.05. The van der Waals surface area contributed by atoms with Gasteiger partial charge in [-0.1, -0.05) is 35.9 Å². The summed E-state index contributed by atoms with van der Waals surface area (Å²) in [5.74, 6) is 0.671. The van der Waals surface area contributed by atoms with E-state index in [0.717, 1.165) is 29.7 Å². The van der Waals surface area contributed by atoms with Crippen LogP contribution in [0.3, 0.4) is 0 Å². The van der Waals surface area contributed by atoms with Crippen molar-refractivity contribution in [1.29, 1.82) is 0 Å². The van der Waals surface area contributed by atoms with Crippen LogP contribution in [0.1, 0.15) is 30.1 Å². The molecule has 0 heterocycles. The first kappa shape index (κ1) is 16.8. The second-order valence-electron chi connectivity index (χ2n) is 6.09. The van der Waals surface area contributed by atoms with Gasteiger partial charge in [-0.15, -0.1) is 0 Å². The number of carbonyl (C=O) groups excluding carboxylic acids is 1. The molecule has 1 amide bonds. The first-order valence-corrected chi connectivity index (χ1v) is 8.29. The minimum absolute atomic E-state index is 0.0580. The molecule has 1 aliphatic carbocycles. The summed E-state index contributed by atoms with van der Waals surface area (Å²) in [4.78, 5) is 12.6. The van der Waals surface area contributed by atoms with E-state index < -0.39 is 11.5 Å². The van der Waals surface area contributed by atoms with Gasteiger partial charge in [-0.3, -0.25) is 4.79 Å². The van der Waals surface area contributed by atoms with Crippen LogP contribution in [0.5, 0.6) is 5.75 Å². The highest BCUT2D eigenvalue weighted by Gasteiger charge is 2.51. The minimum atomic E-state index is -0.755. The molecule has 2 aromatic carbocycles. The molecule has 24 heavy (non-hydrogen) atoms. The van der Waals surface area contributed by atoms with E-state index in [0.29, 0.717) is 5.02 Å². The van der Waals surface area contributed by atoms with Crippen LogP contribution in [-0.2, 0) is 10.2 Å². The number of aliphatic hydroxyl groups is 1. The maximum atomic E-state index is 12.6. The quantitative estimate of drug-likeness (QED) is 0.845. The maximum absolute atomic E-state index is 12.6.